The Labute approximate surface area is 197 Å². The summed E-state index contributed by atoms with van der Waals surface area (Å²) in [6, 6.07) is 25.6. The van der Waals surface area contributed by atoms with Gasteiger partial charge in [-0.1, -0.05) is 60.7 Å². The van der Waals surface area contributed by atoms with Gasteiger partial charge in [0.1, 0.15) is 6.54 Å². The lowest BCUT2D eigenvalue weighted by molar-refractivity contribution is -0.384. The summed E-state index contributed by atoms with van der Waals surface area (Å²) >= 11 is 0. The van der Waals surface area contributed by atoms with Crippen molar-refractivity contribution in [3.05, 3.63) is 106 Å². The summed E-state index contributed by atoms with van der Waals surface area (Å²) in [5, 5.41) is 15.9. The van der Waals surface area contributed by atoms with Gasteiger partial charge in [-0.15, -0.1) is 0 Å². The van der Waals surface area contributed by atoms with Crippen molar-refractivity contribution < 1.29 is 9.72 Å². The minimum Gasteiger partial charge on any atom is -0.339 e. The lowest BCUT2D eigenvalue weighted by Crippen LogP contribution is -2.50. The van der Waals surface area contributed by atoms with Crippen molar-refractivity contribution in [1.82, 2.24) is 19.6 Å². The molecule has 0 unspecified atom stereocenters. The van der Waals surface area contributed by atoms with E-state index < -0.39 is 4.92 Å². The summed E-state index contributed by atoms with van der Waals surface area (Å²) in [6.07, 6.45) is 1.57. The number of fused-ring (bicyclic) bond motifs is 1. The van der Waals surface area contributed by atoms with Gasteiger partial charge in [0.25, 0.3) is 5.69 Å². The molecule has 5 rings (SSSR count). The highest BCUT2D eigenvalue weighted by molar-refractivity contribution is 5.83. The monoisotopic (exact) mass is 455 g/mol. The zero-order valence-corrected chi connectivity index (χ0v) is 18.7. The number of carbonyl (C=O) groups excluding carboxylic acids is 1. The minimum absolute atomic E-state index is 0.000949. The first-order valence-electron chi connectivity index (χ1n) is 11.3. The van der Waals surface area contributed by atoms with Gasteiger partial charge in [-0.3, -0.25) is 24.5 Å². The number of non-ortho nitro benzene ring substituents is 1. The first-order valence-corrected chi connectivity index (χ1v) is 11.3. The van der Waals surface area contributed by atoms with Crippen LogP contribution in [0.15, 0.2) is 85.1 Å². The Morgan fingerprint density at radius 3 is 2.12 bits per heavy atom. The fourth-order valence-corrected chi connectivity index (χ4v) is 4.66. The van der Waals surface area contributed by atoms with E-state index in [2.05, 4.69) is 58.5 Å². The van der Waals surface area contributed by atoms with Crippen molar-refractivity contribution in [2.24, 2.45) is 0 Å². The number of benzene rings is 3. The third-order valence-corrected chi connectivity index (χ3v) is 6.38. The highest BCUT2D eigenvalue weighted by atomic mass is 16.6. The van der Waals surface area contributed by atoms with Gasteiger partial charge < -0.3 is 4.90 Å². The molecule has 8 heteroatoms. The van der Waals surface area contributed by atoms with Crippen LogP contribution < -0.4 is 0 Å². The van der Waals surface area contributed by atoms with E-state index in [1.165, 1.54) is 23.3 Å². The van der Waals surface area contributed by atoms with Crippen molar-refractivity contribution in [3.8, 4) is 0 Å². The van der Waals surface area contributed by atoms with Crippen LogP contribution >= 0.6 is 0 Å². The van der Waals surface area contributed by atoms with E-state index in [9.17, 15) is 14.9 Å². The SMILES string of the molecule is O=C(Cn1ncc2cc([N+](=O)[O-])ccc21)N1CCN(C(c2ccccc2)c2ccccc2)CC1. The summed E-state index contributed by atoms with van der Waals surface area (Å²) in [5.41, 5.74) is 3.21. The Hall–Kier alpha value is -4.04. The van der Waals surface area contributed by atoms with Crippen LogP contribution in [0.5, 0.6) is 0 Å². The van der Waals surface area contributed by atoms with Crippen LogP contribution in [-0.2, 0) is 11.3 Å². The number of nitro groups is 1. The Kier molecular flexibility index (Phi) is 6.05. The number of aromatic nitrogens is 2. The molecule has 1 aliphatic rings. The van der Waals surface area contributed by atoms with E-state index >= 15 is 0 Å². The van der Waals surface area contributed by atoms with Gasteiger partial charge >= 0.3 is 0 Å². The molecule has 2 heterocycles. The summed E-state index contributed by atoms with van der Waals surface area (Å²) in [6.45, 7) is 2.93. The minimum atomic E-state index is -0.431. The maximum absolute atomic E-state index is 13.0. The van der Waals surface area contributed by atoms with E-state index in [0.717, 1.165) is 13.1 Å². The number of rotatable bonds is 6. The Morgan fingerprint density at radius 2 is 1.53 bits per heavy atom. The third kappa shape index (κ3) is 4.40. The Bertz CT molecular complexity index is 1260. The van der Waals surface area contributed by atoms with Crippen LogP contribution in [0.1, 0.15) is 17.2 Å². The van der Waals surface area contributed by atoms with E-state index in [0.29, 0.717) is 24.0 Å². The summed E-state index contributed by atoms with van der Waals surface area (Å²) in [5.74, 6) is -0.000949. The van der Waals surface area contributed by atoms with Crippen LogP contribution in [0.2, 0.25) is 0 Å². The van der Waals surface area contributed by atoms with Gasteiger partial charge in [0.2, 0.25) is 5.91 Å². The van der Waals surface area contributed by atoms with Gasteiger partial charge in [0.15, 0.2) is 0 Å². The first-order chi connectivity index (χ1) is 16.6. The second-order valence-corrected chi connectivity index (χ2v) is 8.44. The second kappa shape index (κ2) is 9.44. The summed E-state index contributed by atoms with van der Waals surface area (Å²) in [4.78, 5) is 27.9. The maximum Gasteiger partial charge on any atom is 0.270 e. The van der Waals surface area contributed by atoms with E-state index in [-0.39, 0.29) is 24.2 Å². The zero-order valence-electron chi connectivity index (χ0n) is 18.7. The summed E-state index contributed by atoms with van der Waals surface area (Å²) in [7, 11) is 0. The van der Waals surface area contributed by atoms with E-state index in [4.69, 9.17) is 0 Å². The fourth-order valence-electron chi connectivity index (χ4n) is 4.66. The molecule has 4 aromatic rings. The molecule has 1 aromatic heterocycles. The van der Waals surface area contributed by atoms with Crippen molar-refractivity contribution >= 4 is 22.5 Å². The highest BCUT2D eigenvalue weighted by Crippen LogP contribution is 2.29. The topological polar surface area (TPSA) is 84.5 Å². The van der Waals surface area contributed by atoms with E-state index in [1.54, 1.807) is 16.9 Å². The maximum atomic E-state index is 13.0. The molecule has 0 N–H and O–H groups in total. The lowest BCUT2D eigenvalue weighted by Gasteiger charge is -2.39. The van der Waals surface area contributed by atoms with Crippen molar-refractivity contribution in [3.63, 3.8) is 0 Å². The third-order valence-electron chi connectivity index (χ3n) is 6.38. The first kappa shape index (κ1) is 21.8. The highest BCUT2D eigenvalue weighted by Gasteiger charge is 2.28. The molecule has 0 bridgehead atoms. The molecule has 8 nitrogen and oxygen atoms in total. The predicted molar refractivity (Wildman–Crippen MR) is 129 cm³/mol. The Morgan fingerprint density at radius 1 is 0.912 bits per heavy atom. The van der Waals surface area contributed by atoms with Gasteiger partial charge in [-0.05, 0) is 17.2 Å². The lowest BCUT2D eigenvalue weighted by atomic mass is 9.96. The number of nitro benzene ring substituents is 1. The molecule has 172 valence electrons. The molecule has 1 fully saturated rings. The fraction of sp³-hybridized carbons (Fsp3) is 0.231. The molecule has 1 amide bonds. The average molecular weight is 456 g/mol. The van der Waals surface area contributed by atoms with Crippen LogP contribution in [0.4, 0.5) is 5.69 Å². The number of hydrogen-bond acceptors (Lipinski definition) is 5. The van der Waals surface area contributed by atoms with Crippen molar-refractivity contribution in [1.29, 1.82) is 0 Å². The number of nitrogens with zero attached hydrogens (tertiary/aromatic N) is 5. The molecular weight excluding hydrogens is 430 g/mol. The standard InChI is InChI=1S/C26H25N5O3/c32-25(19-30-24-12-11-23(31(33)34)17-22(24)18-27-30)28-13-15-29(16-14-28)26(20-7-3-1-4-8-20)21-9-5-2-6-10-21/h1-12,17-18,26H,13-16,19H2. The predicted octanol–water partition coefficient (Wildman–Crippen LogP) is 3.88. The van der Waals surface area contributed by atoms with Gasteiger partial charge in [0, 0.05) is 43.7 Å². The molecule has 0 saturated carbocycles. The number of piperazine rings is 1. The Balaban J connectivity index is 1.28. The number of carbonyl (C=O) groups is 1. The molecule has 0 radical (unpaired) electrons. The smallest absolute Gasteiger partial charge is 0.270 e. The van der Waals surface area contributed by atoms with Gasteiger partial charge in [0.05, 0.1) is 22.7 Å². The molecule has 1 aliphatic heterocycles. The molecule has 0 aliphatic carbocycles. The number of amides is 1. The zero-order chi connectivity index (χ0) is 23.5. The quantitative estimate of drug-likeness (QED) is 0.325. The van der Waals surface area contributed by atoms with Crippen molar-refractivity contribution in [2.45, 2.75) is 12.6 Å². The van der Waals surface area contributed by atoms with Gasteiger partial charge in [-0.2, -0.15) is 5.10 Å². The molecule has 0 atom stereocenters. The normalized spacial score (nSPS) is 14.6. The molecule has 1 saturated heterocycles. The molecule has 0 spiro atoms. The summed E-state index contributed by atoms with van der Waals surface area (Å²) < 4.78 is 1.62. The van der Waals surface area contributed by atoms with Crippen LogP contribution in [0.25, 0.3) is 10.9 Å². The van der Waals surface area contributed by atoms with Crippen LogP contribution in [0, 0.1) is 10.1 Å². The van der Waals surface area contributed by atoms with E-state index in [1.807, 2.05) is 17.0 Å². The number of hydrogen-bond donors (Lipinski definition) is 0. The van der Waals surface area contributed by atoms with Crippen LogP contribution in [-0.4, -0.2) is 56.6 Å². The molecule has 3 aromatic carbocycles. The second-order valence-electron chi connectivity index (χ2n) is 8.44. The van der Waals surface area contributed by atoms with Crippen molar-refractivity contribution in [2.75, 3.05) is 26.2 Å². The average Bonchev–Trinajstić information content (AvgIpc) is 3.28. The van der Waals surface area contributed by atoms with Crippen LogP contribution in [0.3, 0.4) is 0 Å². The largest absolute Gasteiger partial charge is 0.339 e. The molecular formula is C26H25N5O3. The van der Waals surface area contributed by atoms with Gasteiger partial charge in [-0.25, -0.2) is 0 Å². The molecule has 34 heavy (non-hydrogen) atoms.